The minimum Gasteiger partial charge on any atom is -0.462 e. The number of hydrogen-bond acceptors (Lipinski definition) is 15. The molecular weight excluding hydrogens is 1130 g/mol. The Labute approximate surface area is 517 Å². The van der Waals surface area contributed by atoms with Gasteiger partial charge in [-0.05, 0) is 49.4 Å². The molecule has 0 bridgehead atoms. The van der Waals surface area contributed by atoms with Crippen molar-refractivity contribution in [1.82, 2.24) is 0 Å². The molecule has 5 atom stereocenters. The Hall–Kier alpha value is -1.94. The molecule has 0 heterocycles. The van der Waals surface area contributed by atoms with Crippen LogP contribution in [0.2, 0.25) is 0 Å². The third-order valence-corrected chi connectivity index (χ3v) is 17.0. The molecule has 3 unspecified atom stereocenters. The summed E-state index contributed by atoms with van der Waals surface area (Å²) in [5.74, 6) is 0.719. The van der Waals surface area contributed by atoms with Crippen molar-refractivity contribution < 1.29 is 80.2 Å². The molecule has 0 spiro atoms. The molecule has 85 heavy (non-hydrogen) atoms. The van der Waals surface area contributed by atoms with E-state index >= 15 is 0 Å². The maximum atomic E-state index is 13.0. The summed E-state index contributed by atoms with van der Waals surface area (Å²) in [5.41, 5.74) is 0. The minimum atomic E-state index is -4.95. The van der Waals surface area contributed by atoms with Crippen molar-refractivity contribution in [3.05, 3.63) is 0 Å². The van der Waals surface area contributed by atoms with Gasteiger partial charge in [0.25, 0.3) is 0 Å². The van der Waals surface area contributed by atoms with E-state index in [-0.39, 0.29) is 25.7 Å². The molecule has 0 aromatic heterocycles. The molecule has 0 aromatic rings. The summed E-state index contributed by atoms with van der Waals surface area (Å²) >= 11 is 0. The number of phosphoric ester groups is 2. The first kappa shape index (κ1) is 83.1. The number of phosphoric acid groups is 2. The molecule has 0 saturated heterocycles. The standard InChI is InChI=1S/C66H128O17P2/c1-56(2)42-34-26-18-14-12-10-9-11-13-15-21-30-38-46-63(68)76-52-61(82-65(70)48-40-32-23-17-20-28-36-44-58(5)6)54-80-84(72,73)78-50-60(67)51-79-85(74,75)81-55-62(83-66(71)49-41-33-25-24-29-37-45-59(7)8)53-77-64(69)47-39-31-22-16-19-27-35-43-57(3)4/h56-62,67H,9-55H2,1-8H3,(H,72,73)(H,74,75)/t60?,61-,62-/m1/s1. The zero-order valence-corrected chi connectivity index (χ0v) is 57.0. The molecule has 0 aromatic carbocycles. The number of aliphatic hydroxyl groups is 1. The van der Waals surface area contributed by atoms with Gasteiger partial charge >= 0.3 is 39.5 Å². The van der Waals surface area contributed by atoms with Crippen LogP contribution >= 0.6 is 15.6 Å². The smallest absolute Gasteiger partial charge is 0.462 e. The van der Waals surface area contributed by atoms with Gasteiger partial charge in [0.15, 0.2) is 12.2 Å². The van der Waals surface area contributed by atoms with Crippen LogP contribution in [0.3, 0.4) is 0 Å². The van der Waals surface area contributed by atoms with Crippen molar-refractivity contribution in [2.24, 2.45) is 23.7 Å². The average Bonchev–Trinajstić information content (AvgIpc) is 3.52. The lowest BCUT2D eigenvalue weighted by Gasteiger charge is -2.21. The largest absolute Gasteiger partial charge is 0.472 e. The molecule has 0 aliphatic heterocycles. The Bertz CT molecular complexity index is 1700. The highest BCUT2D eigenvalue weighted by atomic mass is 31.2. The van der Waals surface area contributed by atoms with Crippen LogP contribution in [0.5, 0.6) is 0 Å². The zero-order valence-electron chi connectivity index (χ0n) is 55.2. The van der Waals surface area contributed by atoms with Gasteiger partial charge in [0, 0.05) is 25.7 Å². The Morgan fingerprint density at radius 2 is 0.494 bits per heavy atom. The van der Waals surface area contributed by atoms with Gasteiger partial charge in [-0.2, -0.15) is 0 Å². The van der Waals surface area contributed by atoms with Crippen LogP contribution in [0.1, 0.15) is 319 Å². The molecule has 0 amide bonds. The first-order valence-electron chi connectivity index (χ1n) is 34.2. The molecular formula is C66H128O17P2. The summed E-state index contributed by atoms with van der Waals surface area (Å²) in [4.78, 5) is 72.2. The van der Waals surface area contributed by atoms with Crippen molar-refractivity contribution in [2.75, 3.05) is 39.6 Å². The van der Waals surface area contributed by atoms with Crippen LogP contribution in [0.15, 0.2) is 0 Å². The van der Waals surface area contributed by atoms with Gasteiger partial charge in [-0.1, -0.05) is 267 Å². The number of carbonyl (C=O) groups excluding carboxylic acids is 4. The Morgan fingerprint density at radius 1 is 0.294 bits per heavy atom. The monoisotopic (exact) mass is 1250 g/mol. The van der Waals surface area contributed by atoms with Gasteiger partial charge in [-0.15, -0.1) is 0 Å². The predicted molar refractivity (Wildman–Crippen MR) is 340 cm³/mol. The van der Waals surface area contributed by atoms with Gasteiger partial charge in [-0.25, -0.2) is 9.13 Å². The minimum absolute atomic E-state index is 0.101. The third kappa shape index (κ3) is 60.7. The van der Waals surface area contributed by atoms with Gasteiger partial charge < -0.3 is 33.8 Å². The highest BCUT2D eigenvalue weighted by molar-refractivity contribution is 7.47. The highest BCUT2D eigenvalue weighted by Crippen LogP contribution is 2.45. The molecule has 19 heteroatoms. The van der Waals surface area contributed by atoms with E-state index in [0.29, 0.717) is 43.4 Å². The molecule has 0 radical (unpaired) electrons. The second-order valence-electron chi connectivity index (χ2n) is 25.8. The molecule has 504 valence electrons. The lowest BCUT2D eigenvalue weighted by molar-refractivity contribution is -0.161. The maximum Gasteiger partial charge on any atom is 0.472 e. The Balaban J connectivity index is 5.20. The first-order valence-corrected chi connectivity index (χ1v) is 37.2. The van der Waals surface area contributed by atoms with Gasteiger partial charge in [0.1, 0.15) is 19.3 Å². The maximum absolute atomic E-state index is 13.0. The van der Waals surface area contributed by atoms with Crippen LogP contribution in [0, 0.1) is 23.7 Å². The molecule has 0 rings (SSSR count). The quantitative estimate of drug-likeness (QED) is 0.0222. The normalized spacial score (nSPS) is 14.4. The highest BCUT2D eigenvalue weighted by Gasteiger charge is 2.30. The number of rotatable bonds is 63. The van der Waals surface area contributed by atoms with Gasteiger partial charge in [0.2, 0.25) is 0 Å². The fraction of sp³-hybridized carbons (Fsp3) is 0.939. The number of aliphatic hydroxyl groups excluding tert-OH is 1. The summed E-state index contributed by atoms with van der Waals surface area (Å²) in [6.07, 6.45) is 36.6. The lowest BCUT2D eigenvalue weighted by Crippen LogP contribution is -2.30. The van der Waals surface area contributed by atoms with Crippen molar-refractivity contribution in [2.45, 2.75) is 337 Å². The topological polar surface area (TPSA) is 237 Å². The van der Waals surface area contributed by atoms with Crippen molar-refractivity contribution in [3.8, 4) is 0 Å². The zero-order chi connectivity index (χ0) is 63.2. The molecule has 3 N–H and O–H groups in total. The molecule has 0 saturated carbocycles. The number of ether oxygens (including phenoxy) is 4. The van der Waals surface area contributed by atoms with Gasteiger partial charge in [0.05, 0.1) is 26.4 Å². The summed E-state index contributed by atoms with van der Waals surface area (Å²) in [5, 5.41) is 10.5. The number of hydrogen-bond donors (Lipinski definition) is 3. The summed E-state index contributed by atoms with van der Waals surface area (Å²) in [6, 6.07) is 0. The van der Waals surface area contributed by atoms with Crippen LogP contribution in [0.4, 0.5) is 0 Å². The van der Waals surface area contributed by atoms with Gasteiger partial charge in [-0.3, -0.25) is 37.3 Å². The molecule has 17 nitrogen and oxygen atoms in total. The van der Waals surface area contributed by atoms with Crippen LogP contribution in [-0.4, -0.2) is 96.7 Å². The summed E-state index contributed by atoms with van der Waals surface area (Å²) in [7, 11) is -9.89. The van der Waals surface area contributed by atoms with E-state index in [1.807, 2.05) is 0 Å². The third-order valence-electron chi connectivity index (χ3n) is 15.1. The van der Waals surface area contributed by atoms with Crippen LogP contribution in [0.25, 0.3) is 0 Å². The second-order valence-corrected chi connectivity index (χ2v) is 28.7. The molecule has 0 aliphatic rings. The van der Waals surface area contributed by atoms with E-state index in [1.165, 1.54) is 116 Å². The second kappa shape index (κ2) is 56.1. The predicted octanol–water partition coefficient (Wildman–Crippen LogP) is 18.1. The lowest BCUT2D eigenvalue weighted by atomic mass is 10.0. The SMILES string of the molecule is CC(C)CCCCCCCCCCCCCCCC(=O)OC[C@H](COP(=O)(O)OCC(O)COP(=O)(O)OC[C@@H](COC(=O)CCCCCCCCCC(C)C)OC(=O)CCCCCCCCC(C)C)OC(=O)CCCCCCCCCC(C)C. The Kier molecular flexibility index (Phi) is 54.8. The first-order chi connectivity index (χ1) is 40.6. The number of esters is 4. The van der Waals surface area contributed by atoms with E-state index in [0.717, 1.165) is 102 Å². The fourth-order valence-electron chi connectivity index (χ4n) is 9.78. The number of unbranched alkanes of at least 4 members (excludes halogenated alkanes) is 29. The van der Waals surface area contributed by atoms with E-state index < -0.39 is 97.5 Å². The Morgan fingerprint density at radius 3 is 0.729 bits per heavy atom. The van der Waals surface area contributed by atoms with E-state index in [4.69, 9.17) is 37.0 Å². The van der Waals surface area contributed by atoms with Crippen molar-refractivity contribution in [1.29, 1.82) is 0 Å². The molecule has 0 aliphatic carbocycles. The van der Waals surface area contributed by atoms with Crippen molar-refractivity contribution in [3.63, 3.8) is 0 Å². The fourth-order valence-corrected chi connectivity index (χ4v) is 11.4. The molecule has 0 fully saturated rings. The van der Waals surface area contributed by atoms with E-state index in [2.05, 4.69) is 55.4 Å². The summed E-state index contributed by atoms with van der Waals surface area (Å²) in [6.45, 7) is 13.9. The van der Waals surface area contributed by atoms with Crippen molar-refractivity contribution >= 4 is 39.5 Å². The average molecular weight is 1260 g/mol. The van der Waals surface area contributed by atoms with Crippen LogP contribution in [-0.2, 0) is 65.4 Å². The summed E-state index contributed by atoms with van der Waals surface area (Å²) < 4.78 is 68.0. The van der Waals surface area contributed by atoms with Crippen LogP contribution < -0.4 is 0 Å². The van der Waals surface area contributed by atoms with E-state index in [9.17, 15) is 43.2 Å². The number of carbonyl (C=O) groups is 4. The van der Waals surface area contributed by atoms with E-state index in [1.54, 1.807) is 0 Å².